The Hall–Kier alpha value is -1.37. The molecule has 1 aromatic heterocycles. The number of pyridine rings is 1. The Morgan fingerprint density at radius 2 is 1.89 bits per heavy atom. The molecule has 2 N–H and O–H groups in total. The number of piperidine rings is 1. The van der Waals surface area contributed by atoms with Crippen molar-refractivity contribution in [3.63, 3.8) is 0 Å². The van der Waals surface area contributed by atoms with Crippen LogP contribution in [-0.2, 0) is 12.7 Å². The Morgan fingerprint density at radius 1 is 1.26 bits per heavy atom. The van der Waals surface area contributed by atoms with Crippen molar-refractivity contribution in [3.8, 4) is 0 Å². The SMILES string of the molecule is NCc1ccc(C(F)(F)F)nc1N1CCC(F)CC1. The molecule has 0 saturated carbocycles. The maximum absolute atomic E-state index is 13.1. The molecule has 0 aliphatic carbocycles. The van der Waals surface area contributed by atoms with E-state index in [1.54, 1.807) is 4.90 Å². The molecule has 1 aliphatic rings. The molecule has 0 amide bonds. The number of nitrogens with zero attached hydrogens (tertiary/aromatic N) is 2. The zero-order valence-corrected chi connectivity index (χ0v) is 10.3. The number of hydrogen-bond acceptors (Lipinski definition) is 3. The Bertz CT molecular complexity index is 439. The smallest absolute Gasteiger partial charge is 0.356 e. The number of aromatic nitrogens is 1. The predicted molar refractivity (Wildman–Crippen MR) is 63.5 cm³/mol. The maximum Gasteiger partial charge on any atom is 0.433 e. The Morgan fingerprint density at radius 3 is 2.42 bits per heavy atom. The van der Waals surface area contributed by atoms with E-state index in [0.29, 0.717) is 31.5 Å². The van der Waals surface area contributed by atoms with Crippen LogP contribution in [0.2, 0.25) is 0 Å². The lowest BCUT2D eigenvalue weighted by molar-refractivity contribution is -0.141. The second-order valence-electron chi connectivity index (χ2n) is 4.54. The summed E-state index contributed by atoms with van der Waals surface area (Å²) < 4.78 is 51.1. The molecule has 2 heterocycles. The van der Waals surface area contributed by atoms with E-state index in [-0.39, 0.29) is 12.4 Å². The molecule has 7 heteroatoms. The van der Waals surface area contributed by atoms with E-state index in [1.165, 1.54) is 6.07 Å². The van der Waals surface area contributed by atoms with E-state index in [4.69, 9.17) is 5.73 Å². The van der Waals surface area contributed by atoms with E-state index in [9.17, 15) is 17.6 Å². The van der Waals surface area contributed by atoms with Crippen LogP contribution in [-0.4, -0.2) is 24.2 Å². The Balaban J connectivity index is 2.31. The maximum atomic E-state index is 13.1. The fraction of sp³-hybridized carbons (Fsp3) is 0.583. The molecular formula is C12H15F4N3. The summed E-state index contributed by atoms with van der Waals surface area (Å²) in [4.78, 5) is 5.34. The van der Waals surface area contributed by atoms with E-state index >= 15 is 0 Å². The largest absolute Gasteiger partial charge is 0.433 e. The van der Waals surface area contributed by atoms with Crippen molar-refractivity contribution < 1.29 is 17.6 Å². The molecule has 0 bridgehead atoms. The molecule has 0 unspecified atom stereocenters. The van der Waals surface area contributed by atoms with Gasteiger partial charge in [0, 0.05) is 25.2 Å². The number of anilines is 1. The third-order valence-electron chi connectivity index (χ3n) is 3.19. The normalized spacial score (nSPS) is 17.8. The molecule has 2 rings (SSSR count). The Labute approximate surface area is 108 Å². The molecule has 3 nitrogen and oxygen atoms in total. The van der Waals surface area contributed by atoms with Gasteiger partial charge in [-0.25, -0.2) is 9.37 Å². The van der Waals surface area contributed by atoms with Crippen LogP contribution < -0.4 is 10.6 Å². The van der Waals surface area contributed by atoms with Crippen molar-refractivity contribution in [1.29, 1.82) is 0 Å². The van der Waals surface area contributed by atoms with Crippen LogP contribution >= 0.6 is 0 Å². The summed E-state index contributed by atoms with van der Waals surface area (Å²) in [6.07, 6.45) is -4.76. The van der Waals surface area contributed by atoms with Crippen LogP contribution in [0.25, 0.3) is 0 Å². The van der Waals surface area contributed by atoms with Crippen molar-refractivity contribution >= 4 is 5.82 Å². The van der Waals surface area contributed by atoms with Gasteiger partial charge in [0.15, 0.2) is 0 Å². The molecule has 0 radical (unpaired) electrons. The van der Waals surface area contributed by atoms with Gasteiger partial charge in [-0.05, 0) is 18.9 Å². The highest BCUT2D eigenvalue weighted by Gasteiger charge is 2.34. The average molecular weight is 277 g/mol. The third-order valence-corrected chi connectivity index (χ3v) is 3.19. The van der Waals surface area contributed by atoms with Crippen LogP contribution in [0.15, 0.2) is 12.1 Å². The number of hydrogen-bond donors (Lipinski definition) is 1. The number of halogens is 4. The van der Waals surface area contributed by atoms with E-state index in [0.717, 1.165) is 6.07 Å². The highest BCUT2D eigenvalue weighted by molar-refractivity contribution is 5.48. The van der Waals surface area contributed by atoms with Crippen LogP contribution in [0.4, 0.5) is 23.4 Å². The van der Waals surface area contributed by atoms with E-state index in [1.807, 2.05) is 0 Å². The van der Waals surface area contributed by atoms with Crippen LogP contribution in [0, 0.1) is 0 Å². The molecule has 1 aliphatic heterocycles. The highest BCUT2D eigenvalue weighted by atomic mass is 19.4. The summed E-state index contributed by atoms with van der Waals surface area (Å²) in [7, 11) is 0. The zero-order chi connectivity index (χ0) is 14.0. The second kappa shape index (κ2) is 5.32. The van der Waals surface area contributed by atoms with Crippen molar-refractivity contribution in [3.05, 3.63) is 23.4 Å². The van der Waals surface area contributed by atoms with Gasteiger partial charge in [-0.1, -0.05) is 6.07 Å². The first-order valence-corrected chi connectivity index (χ1v) is 6.08. The van der Waals surface area contributed by atoms with Crippen molar-refractivity contribution in [2.75, 3.05) is 18.0 Å². The van der Waals surface area contributed by atoms with Gasteiger partial charge >= 0.3 is 6.18 Å². The molecular weight excluding hydrogens is 262 g/mol. The first kappa shape index (κ1) is 14.0. The van der Waals surface area contributed by atoms with Crippen LogP contribution in [0.5, 0.6) is 0 Å². The summed E-state index contributed by atoms with van der Waals surface area (Å²) >= 11 is 0. The molecule has 1 saturated heterocycles. The van der Waals surface area contributed by atoms with Gasteiger partial charge in [0.1, 0.15) is 17.7 Å². The first-order chi connectivity index (χ1) is 8.91. The molecule has 0 aromatic carbocycles. The second-order valence-corrected chi connectivity index (χ2v) is 4.54. The molecule has 0 atom stereocenters. The first-order valence-electron chi connectivity index (χ1n) is 6.08. The monoisotopic (exact) mass is 277 g/mol. The lowest BCUT2D eigenvalue weighted by atomic mass is 10.1. The number of rotatable bonds is 2. The van der Waals surface area contributed by atoms with Gasteiger partial charge in [0.2, 0.25) is 0 Å². The zero-order valence-electron chi connectivity index (χ0n) is 10.3. The van der Waals surface area contributed by atoms with Gasteiger partial charge in [-0.3, -0.25) is 0 Å². The lowest BCUT2D eigenvalue weighted by Crippen LogP contribution is -2.36. The fourth-order valence-corrected chi connectivity index (χ4v) is 2.13. The quantitative estimate of drug-likeness (QED) is 0.845. The topological polar surface area (TPSA) is 42.1 Å². The summed E-state index contributed by atoms with van der Waals surface area (Å²) in [5.41, 5.74) is 5.13. The van der Waals surface area contributed by atoms with Crippen LogP contribution in [0.3, 0.4) is 0 Å². The summed E-state index contributed by atoms with van der Waals surface area (Å²) in [6, 6.07) is 2.26. The number of nitrogens with two attached hydrogens (primary N) is 1. The summed E-state index contributed by atoms with van der Waals surface area (Å²) in [5, 5.41) is 0. The van der Waals surface area contributed by atoms with Gasteiger partial charge < -0.3 is 10.6 Å². The van der Waals surface area contributed by atoms with Crippen molar-refractivity contribution in [2.24, 2.45) is 5.73 Å². The Kier molecular flexibility index (Phi) is 3.93. The van der Waals surface area contributed by atoms with Crippen molar-refractivity contribution in [1.82, 2.24) is 4.98 Å². The van der Waals surface area contributed by atoms with Crippen LogP contribution in [0.1, 0.15) is 24.1 Å². The molecule has 19 heavy (non-hydrogen) atoms. The van der Waals surface area contributed by atoms with E-state index < -0.39 is 18.0 Å². The van der Waals surface area contributed by atoms with Gasteiger partial charge in [-0.15, -0.1) is 0 Å². The van der Waals surface area contributed by atoms with Gasteiger partial charge in [-0.2, -0.15) is 13.2 Å². The standard InChI is InChI=1S/C12H15F4N3/c13-9-3-5-19(6-4-9)11-8(7-17)1-2-10(18-11)12(14,15)16/h1-2,9H,3-7,17H2. The molecule has 1 fully saturated rings. The number of alkyl halides is 4. The summed E-state index contributed by atoms with van der Waals surface area (Å²) in [6.45, 7) is 0.834. The lowest BCUT2D eigenvalue weighted by Gasteiger charge is -2.31. The summed E-state index contributed by atoms with van der Waals surface area (Å²) in [5.74, 6) is 0.226. The highest BCUT2D eigenvalue weighted by Crippen LogP contribution is 2.31. The predicted octanol–water partition coefficient (Wildman–Crippen LogP) is 2.50. The minimum atomic E-state index is -4.49. The third kappa shape index (κ3) is 3.15. The van der Waals surface area contributed by atoms with E-state index in [2.05, 4.69) is 4.98 Å². The molecule has 1 aromatic rings. The van der Waals surface area contributed by atoms with Crippen molar-refractivity contribution in [2.45, 2.75) is 31.7 Å². The fourth-order valence-electron chi connectivity index (χ4n) is 2.13. The van der Waals surface area contributed by atoms with Gasteiger partial charge in [0.25, 0.3) is 0 Å². The average Bonchev–Trinajstić information content (AvgIpc) is 2.38. The minimum absolute atomic E-state index is 0.107. The minimum Gasteiger partial charge on any atom is -0.356 e. The molecule has 0 spiro atoms. The molecule has 106 valence electrons. The van der Waals surface area contributed by atoms with Gasteiger partial charge in [0.05, 0.1) is 0 Å².